The molecule has 0 aromatic heterocycles. The van der Waals surface area contributed by atoms with E-state index in [2.05, 4.69) is 15.9 Å². The normalized spacial score (nSPS) is 18.7. The zero-order valence-corrected chi connectivity index (χ0v) is 11.7. The molecule has 18 heavy (non-hydrogen) atoms. The second kappa shape index (κ2) is 5.38. The van der Waals surface area contributed by atoms with Crippen molar-refractivity contribution in [1.82, 2.24) is 4.90 Å². The summed E-state index contributed by atoms with van der Waals surface area (Å²) in [6.45, 7) is 1.37. The number of carbonyl (C=O) groups is 1. The third-order valence-corrected chi connectivity index (χ3v) is 3.93. The number of amides is 1. The van der Waals surface area contributed by atoms with Crippen molar-refractivity contribution < 1.29 is 9.90 Å². The number of piperidine rings is 1. The Hall–Kier alpha value is -0.910. The number of hydrogen-bond acceptors (Lipinski definition) is 3. The Kier molecular flexibility index (Phi) is 4.04. The second-order valence-corrected chi connectivity index (χ2v) is 5.65. The van der Waals surface area contributed by atoms with Crippen molar-refractivity contribution in [2.75, 3.05) is 19.6 Å². The van der Waals surface area contributed by atoms with Crippen molar-refractivity contribution in [2.45, 2.75) is 18.4 Å². The quantitative estimate of drug-likeness (QED) is 0.867. The number of rotatable bonds is 2. The van der Waals surface area contributed by atoms with Gasteiger partial charge < -0.3 is 15.7 Å². The van der Waals surface area contributed by atoms with Crippen molar-refractivity contribution >= 4 is 21.8 Å². The number of carbonyl (C=O) groups excluding carboxylic acids is 1. The fourth-order valence-corrected chi connectivity index (χ4v) is 2.53. The molecule has 1 heterocycles. The maximum atomic E-state index is 12.2. The van der Waals surface area contributed by atoms with E-state index in [-0.39, 0.29) is 12.5 Å². The molecule has 5 heteroatoms. The summed E-state index contributed by atoms with van der Waals surface area (Å²) in [5.41, 5.74) is 5.40. The maximum absolute atomic E-state index is 12.2. The van der Waals surface area contributed by atoms with Crippen molar-refractivity contribution in [3.8, 4) is 0 Å². The van der Waals surface area contributed by atoms with Gasteiger partial charge in [0.2, 0.25) is 0 Å². The Balaban J connectivity index is 2.04. The third kappa shape index (κ3) is 2.91. The zero-order valence-electron chi connectivity index (χ0n) is 10.1. The predicted octanol–water partition coefficient (Wildman–Crippen LogP) is 1.37. The van der Waals surface area contributed by atoms with Crippen molar-refractivity contribution in [3.63, 3.8) is 0 Å². The number of halogens is 1. The molecule has 1 aromatic carbocycles. The number of likely N-dealkylation sites (tertiary alicyclic amines) is 1. The molecule has 0 atom stereocenters. The lowest BCUT2D eigenvalue weighted by Gasteiger charge is -2.37. The molecule has 0 bridgehead atoms. The molecule has 3 N–H and O–H groups in total. The molecule has 1 saturated heterocycles. The molecule has 1 aliphatic rings. The van der Waals surface area contributed by atoms with Crippen LogP contribution in [0.5, 0.6) is 0 Å². The number of aliphatic hydroxyl groups is 1. The van der Waals surface area contributed by atoms with E-state index in [4.69, 9.17) is 5.73 Å². The molecule has 0 saturated carbocycles. The molecular formula is C13H17BrN2O2. The lowest BCUT2D eigenvalue weighted by Crippen LogP contribution is -2.50. The highest BCUT2D eigenvalue weighted by molar-refractivity contribution is 9.10. The summed E-state index contributed by atoms with van der Waals surface area (Å²) in [6, 6.07) is 7.35. The van der Waals surface area contributed by atoms with E-state index in [1.807, 2.05) is 18.2 Å². The molecule has 0 radical (unpaired) electrons. The Labute approximate surface area is 115 Å². The highest BCUT2D eigenvalue weighted by Gasteiger charge is 2.32. The SMILES string of the molecule is NCC1(O)CCN(C(=O)c2cccc(Br)c2)CC1. The van der Waals surface area contributed by atoms with E-state index < -0.39 is 5.60 Å². The van der Waals surface area contributed by atoms with Gasteiger partial charge in [-0.25, -0.2) is 0 Å². The van der Waals surface area contributed by atoms with Crippen LogP contribution in [0.15, 0.2) is 28.7 Å². The molecule has 0 unspecified atom stereocenters. The highest BCUT2D eigenvalue weighted by atomic mass is 79.9. The summed E-state index contributed by atoms with van der Waals surface area (Å²) in [4.78, 5) is 14.0. The molecule has 1 fully saturated rings. The molecule has 1 amide bonds. The van der Waals surface area contributed by atoms with Crippen LogP contribution in [0.1, 0.15) is 23.2 Å². The summed E-state index contributed by atoms with van der Waals surface area (Å²) in [7, 11) is 0. The predicted molar refractivity (Wildman–Crippen MR) is 73.3 cm³/mol. The average molecular weight is 313 g/mol. The van der Waals surface area contributed by atoms with E-state index in [1.54, 1.807) is 11.0 Å². The van der Waals surface area contributed by atoms with Gasteiger partial charge in [0.05, 0.1) is 5.60 Å². The molecule has 98 valence electrons. The van der Waals surface area contributed by atoms with Crippen molar-refractivity contribution in [1.29, 1.82) is 0 Å². The Morgan fingerprint density at radius 3 is 2.67 bits per heavy atom. The summed E-state index contributed by atoms with van der Waals surface area (Å²) < 4.78 is 0.892. The molecule has 2 rings (SSSR count). The maximum Gasteiger partial charge on any atom is 0.253 e. The Morgan fingerprint density at radius 1 is 1.44 bits per heavy atom. The van der Waals surface area contributed by atoms with E-state index in [0.29, 0.717) is 31.5 Å². The first-order chi connectivity index (χ1) is 8.54. The van der Waals surface area contributed by atoms with Gasteiger partial charge in [0.1, 0.15) is 0 Å². The topological polar surface area (TPSA) is 66.6 Å². The standard InChI is InChI=1S/C13H17BrN2O2/c14-11-3-1-2-10(8-11)12(17)16-6-4-13(18,9-15)5-7-16/h1-3,8,18H,4-7,9,15H2. The van der Waals surface area contributed by atoms with Gasteiger partial charge in [-0.3, -0.25) is 4.79 Å². The van der Waals surface area contributed by atoms with Gasteiger partial charge in [0, 0.05) is 29.7 Å². The largest absolute Gasteiger partial charge is 0.388 e. The molecule has 0 aliphatic carbocycles. The van der Waals surface area contributed by atoms with Crippen LogP contribution in [0.25, 0.3) is 0 Å². The minimum absolute atomic E-state index is 0.00960. The Bertz CT molecular complexity index is 442. The van der Waals surface area contributed by atoms with Gasteiger partial charge in [-0.2, -0.15) is 0 Å². The summed E-state index contributed by atoms with van der Waals surface area (Å²) in [5.74, 6) is 0.00960. The first-order valence-corrected chi connectivity index (χ1v) is 6.81. The first-order valence-electron chi connectivity index (χ1n) is 6.01. The third-order valence-electron chi connectivity index (χ3n) is 3.43. The second-order valence-electron chi connectivity index (χ2n) is 4.73. The molecule has 4 nitrogen and oxygen atoms in total. The molecule has 1 aromatic rings. The molecule has 1 aliphatic heterocycles. The van der Waals surface area contributed by atoms with E-state index in [0.717, 1.165) is 4.47 Å². The van der Waals surface area contributed by atoms with Gasteiger partial charge in [0.15, 0.2) is 0 Å². The average Bonchev–Trinajstić information content (AvgIpc) is 2.39. The van der Waals surface area contributed by atoms with Crippen LogP contribution in [-0.4, -0.2) is 41.1 Å². The van der Waals surface area contributed by atoms with E-state index in [1.165, 1.54) is 0 Å². The van der Waals surface area contributed by atoms with Gasteiger partial charge in [-0.05, 0) is 31.0 Å². The summed E-state index contributed by atoms with van der Waals surface area (Å²) >= 11 is 3.36. The summed E-state index contributed by atoms with van der Waals surface area (Å²) in [5, 5.41) is 10.0. The van der Waals surface area contributed by atoms with Gasteiger partial charge in [-0.1, -0.05) is 22.0 Å². The molecular weight excluding hydrogens is 296 g/mol. The monoisotopic (exact) mass is 312 g/mol. The van der Waals surface area contributed by atoms with Gasteiger partial charge >= 0.3 is 0 Å². The van der Waals surface area contributed by atoms with Crippen LogP contribution >= 0.6 is 15.9 Å². The van der Waals surface area contributed by atoms with E-state index in [9.17, 15) is 9.90 Å². The lowest BCUT2D eigenvalue weighted by molar-refractivity contribution is -0.00951. The highest BCUT2D eigenvalue weighted by Crippen LogP contribution is 2.22. The number of nitrogens with two attached hydrogens (primary N) is 1. The van der Waals surface area contributed by atoms with Crippen LogP contribution in [0.2, 0.25) is 0 Å². The lowest BCUT2D eigenvalue weighted by atomic mass is 9.91. The van der Waals surface area contributed by atoms with Gasteiger partial charge in [0.25, 0.3) is 5.91 Å². The van der Waals surface area contributed by atoms with Crippen LogP contribution in [-0.2, 0) is 0 Å². The number of benzene rings is 1. The van der Waals surface area contributed by atoms with Crippen LogP contribution in [0.3, 0.4) is 0 Å². The minimum atomic E-state index is -0.798. The smallest absolute Gasteiger partial charge is 0.253 e. The van der Waals surface area contributed by atoms with E-state index >= 15 is 0 Å². The zero-order chi connectivity index (χ0) is 13.2. The number of hydrogen-bond donors (Lipinski definition) is 2. The minimum Gasteiger partial charge on any atom is -0.388 e. The summed E-state index contributed by atoms with van der Waals surface area (Å²) in [6.07, 6.45) is 1.09. The Morgan fingerprint density at radius 2 is 2.11 bits per heavy atom. The van der Waals surface area contributed by atoms with Crippen LogP contribution in [0.4, 0.5) is 0 Å². The fraction of sp³-hybridized carbons (Fsp3) is 0.462. The van der Waals surface area contributed by atoms with Crippen molar-refractivity contribution in [3.05, 3.63) is 34.3 Å². The van der Waals surface area contributed by atoms with Crippen molar-refractivity contribution in [2.24, 2.45) is 5.73 Å². The first kappa shape index (κ1) is 13.5. The fourth-order valence-electron chi connectivity index (χ4n) is 2.13. The van der Waals surface area contributed by atoms with Crippen LogP contribution < -0.4 is 5.73 Å². The van der Waals surface area contributed by atoms with Crippen LogP contribution in [0, 0.1) is 0 Å². The van der Waals surface area contributed by atoms with Gasteiger partial charge in [-0.15, -0.1) is 0 Å². The number of nitrogens with zero attached hydrogens (tertiary/aromatic N) is 1. The molecule has 0 spiro atoms.